The fourth-order valence-corrected chi connectivity index (χ4v) is 3.63. The molecule has 0 unspecified atom stereocenters. The highest BCUT2D eigenvalue weighted by Gasteiger charge is 2.22. The second-order valence-corrected chi connectivity index (χ2v) is 6.46. The average molecular weight is 361 g/mol. The van der Waals surface area contributed by atoms with E-state index in [1.165, 1.54) is 24.8 Å². The topological polar surface area (TPSA) is 33.7 Å². The van der Waals surface area contributed by atoms with Crippen LogP contribution >= 0.6 is 24.0 Å². The molecule has 1 N–H and O–H groups in total. The molecule has 1 aromatic rings. The van der Waals surface area contributed by atoms with Gasteiger partial charge in [-0.25, -0.2) is 0 Å². The summed E-state index contributed by atoms with van der Waals surface area (Å²) >= 11 is 6.36. The van der Waals surface area contributed by atoms with Crippen LogP contribution in [0.25, 0.3) is 0 Å². The van der Waals surface area contributed by atoms with E-state index in [-0.39, 0.29) is 12.4 Å². The maximum Gasteiger partial charge on any atom is 0.179 e. The molecule has 2 aliphatic heterocycles. The van der Waals surface area contributed by atoms with Crippen LogP contribution in [0.5, 0.6) is 11.5 Å². The van der Waals surface area contributed by atoms with E-state index in [4.69, 9.17) is 21.1 Å². The van der Waals surface area contributed by atoms with Crippen molar-refractivity contribution in [3.05, 3.63) is 22.7 Å². The number of nitrogens with zero attached hydrogens (tertiary/aromatic N) is 1. The van der Waals surface area contributed by atoms with Crippen LogP contribution in [0.4, 0.5) is 0 Å². The molecule has 0 saturated carbocycles. The van der Waals surface area contributed by atoms with Crippen molar-refractivity contribution < 1.29 is 9.47 Å². The van der Waals surface area contributed by atoms with Gasteiger partial charge in [0.15, 0.2) is 11.5 Å². The Morgan fingerprint density at radius 3 is 2.70 bits per heavy atom. The maximum atomic E-state index is 6.36. The zero-order valence-corrected chi connectivity index (χ0v) is 15.2. The van der Waals surface area contributed by atoms with Gasteiger partial charge in [0.25, 0.3) is 0 Å². The number of halogens is 2. The minimum absolute atomic E-state index is 0. The minimum Gasteiger partial charge on any atom is -0.486 e. The highest BCUT2D eigenvalue weighted by Crippen LogP contribution is 2.38. The fourth-order valence-electron chi connectivity index (χ4n) is 3.34. The molecule has 23 heavy (non-hydrogen) atoms. The van der Waals surface area contributed by atoms with Gasteiger partial charge in [-0.05, 0) is 56.6 Å². The summed E-state index contributed by atoms with van der Waals surface area (Å²) in [6.45, 7) is 7.69. The lowest BCUT2D eigenvalue weighted by Gasteiger charge is -2.34. The summed E-state index contributed by atoms with van der Waals surface area (Å²) in [7, 11) is 0. The molecule has 1 fully saturated rings. The first-order chi connectivity index (χ1) is 10.8. The first-order valence-electron chi connectivity index (χ1n) is 8.30. The van der Waals surface area contributed by atoms with Crippen molar-refractivity contribution in [2.45, 2.75) is 38.8 Å². The van der Waals surface area contributed by atoms with Crippen molar-refractivity contribution in [2.75, 3.05) is 32.8 Å². The molecule has 2 aliphatic rings. The Balaban J connectivity index is 0.00000192. The molecule has 0 amide bonds. The molecule has 1 saturated heterocycles. The summed E-state index contributed by atoms with van der Waals surface area (Å²) in [5.41, 5.74) is 1.21. The van der Waals surface area contributed by atoms with Crippen LogP contribution in [0.3, 0.4) is 0 Å². The third-order valence-corrected chi connectivity index (χ3v) is 4.66. The Bertz CT molecular complexity index is 508. The maximum absolute atomic E-state index is 6.36. The van der Waals surface area contributed by atoms with Crippen LogP contribution in [-0.2, 0) is 6.54 Å². The summed E-state index contributed by atoms with van der Waals surface area (Å²) in [4.78, 5) is 2.59. The third kappa shape index (κ3) is 4.66. The van der Waals surface area contributed by atoms with E-state index in [1.807, 2.05) is 6.07 Å². The second kappa shape index (κ2) is 8.97. The Labute approximate surface area is 149 Å². The normalized spacial score (nSPS) is 17.9. The van der Waals surface area contributed by atoms with Crippen molar-refractivity contribution in [3.8, 4) is 11.5 Å². The van der Waals surface area contributed by atoms with Gasteiger partial charge in [0.1, 0.15) is 13.2 Å². The van der Waals surface area contributed by atoms with Gasteiger partial charge in [-0.3, -0.25) is 4.90 Å². The fraction of sp³-hybridized carbons (Fsp3) is 0.647. The monoisotopic (exact) mass is 360 g/mol. The van der Waals surface area contributed by atoms with Gasteiger partial charge in [0.05, 0.1) is 5.02 Å². The molecule has 0 spiro atoms. The van der Waals surface area contributed by atoms with E-state index in [2.05, 4.69) is 23.2 Å². The molecular formula is C17H26Cl2N2O2. The minimum atomic E-state index is 0. The van der Waals surface area contributed by atoms with Crippen LogP contribution < -0.4 is 14.8 Å². The van der Waals surface area contributed by atoms with Crippen molar-refractivity contribution in [1.29, 1.82) is 0 Å². The van der Waals surface area contributed by atoms with Crippen LogP contribution in [-0.4, -0.2) is 43.8 Å². The highest BCUT2D eigenvalue weighted by molar-refractivity contribution is 6.32. The Morgan fingerprint density at radius 1 is 1.22 bits per heavy atom. The Hall–Kier alpha value is -0.680. The number of nitrogens with one attached hydrogen (secondary N) is 1. The molecule has 0 bridgehead atoms. The smallest absolute Gasteiger partial charge is 0.179 e. The number of fused-ring (bicyclic) bond motifs is 1. The summed E-state index contributed by atoms with van der Waals surface area (Å²) in [6.07, 6.45) is 3.61. The standard InChI is InChI=1S/C17H25ClN2O2.ClH/c1-2-7-20(14-3-5-19-6-4-14)12-13-10-15(18)17-16(11-13)21-8-9-22-17;/h10-11,14,19H,2-9,12H2,1H3;1H. The van der Waals surface area contributed by atoms with Crippen molar-refractivity contribution >= 4 is 24.0 Å². The number of hydrogen-bond donors (Lipinski definition) is 1. The van der Waals surface area contributed by atoms with Crippen molar-refractivity contribution in [2.24, 2.45) is 0 Å². The van der Waals surface area contributed by atoms with Gasteiger partial charge in [0, 0.05) is 12.6 Å². The molecule has 4 nitrogen and oxygen atoms in total. The largest absolute Gasteiger partial charge is 0.486 e. The van der Waals surface area contributed by atoms with E-state index in [9.17, 15) is 0 Å². The molecule has 130 valence electrons. The van der Waals surface area contributed by atoms with E-state index in [0.717, 1.165) is 31.9 Å². The number of ether oxygens (including phenoxy) is 2. The van der Waals surface area contributed by atoms with Gasteiger partial charge in [-0.15, -0.1) is 12.4 Å². The summed E-state index contributed by atoms with van der Waals surface area (Å²) in [5, 5.41) is 4.10. The van der Waals surface area contributed by atoms with Crippen LogP contribution in [0, 0.1) is 0 Å². The predicted molar refractivity (Wildman–Crippen MR) is 96.3 cm³/mol. The molecular weight excluding hydrogens is 335 g/mol. The molecule has 0 radical (unpaired) electrons. The van der Waals surface area contributed by atoms with E-state index >= 15 is 0 Å². The zero-order valence-electron chi connectivity index (χ0n) is 13.6. The van der Waals surface area contributed by atoms with Crippen LogP contribution in [0.1, 0.15) is 31.7 Å². The molecule has 0 aliphatic carbocycles. The number of benzene rings is 1. The first kappa shape index (κ1) is 18.7. The van der Waals surface area contributed by atoms with Gasteiger partial charge >= 0.3 is 0 Å². The van der Waals surface area contributed by atoms with Gasteiger partial charge in [0.2, 0.25) is 0 Å². The summed E-state index contributed by atoms with van der Waals surface area (Å²) in [6, 6.07) is 4.77. The van der Waals surface area contributed by atoms with Crippen LogP contribution in [0.2, 0.25) is 5.02 Å². The van der Waals surface area contributed by atoms with E-state index in [1.54, 1.807) is 0 Å². The van der Waals surface area contributed by atoms with Gasteiger partial charge < -0.3 is 14.8 Å². The van der Waals surface area contributed by atoms with E-state index < -0.39 is 0 Å². The van der Waals surface area contributed by atoms with E-state index in [0.29, 0.717) is 30.0 Å². The third-order valence-electron chi connectivity index (χ3n) is 4.38. The van der Waals surface area contributed by atoms with Gasteiger partial charge in [-0.1, -0.05) is 18.5 Å². The van der Waals surface area contributed by atoms with Crippen molar-refractivity contribution in [3.63, 3.8) is 0 Å². The lowest BCUT2D eigenvalue weighted by atomic mass is 10.0. The first-order valence-corrected chi connectivity index (χ1v) is 8.68. The number of piperidine rings is 1. The molecule has 1 aromatic carbocycles. The average Bonchev–Trinajstić information content (AvgIpc) is 2.55. The van der Waals surface area contributed by atoms with Crippen molar-refractivity contribution in [1.82, 2.24) is 10.2 Å². The molecule has 0 atom stereocenters. The zero-order chi connectivity index (χ0) is 15.4. The van der Waals surface area contributed by atoms with Gasteiger partial charge in [-0.2, -0.15) is 0 Å². The number of hydrogen-bond acceptors (Lipinski definition) is 4. The molecule has 2 heterocycles. The molecule has 6 heteroatoms. The SMILES string of the molecule is CCCN(Cc1cc(Cl)c2c(c1)OCCO2)C1CCNCC1.Cl. The molecule has 3 rings (SSSR count). The lowest BCUT2D eigenvalue weighted by Crippen LogP contribution is -2.43. The quantitative estimate of drug-likeness (QED) is 0.871. The highest BCUT2D eigenvalue weighted by atomic mass is 35.5. The summed E-state index contributed by atoms with van der Waals surface area (Å²) in [5.74, 6) is 1.48. The number of rotatable bonds is 5. The lowest BCUT2D eigenvalue weighted by molar-refractivity contribution is 0.152. The second-order valence-electron chi connectivity index (χ2n) is 6.05. The summed E-state index contributed by atoms with van der Waals surface area (Å²) < 4.78 is 11.3. The molecule has 0 aromatic heterocycles. The Kier molecular flexibility index (Phi) is 7.28. The predicted octanol–water partition coefficient (Wildman–Crippen LogP) is 3.50. The van der Waals surface area contributed by atoms with Crippen LogP contribution in [0.15, 0.2) is 12.1 Å². The Morgan fingerprint density at radius 2 is 1.96 bits per heavy atom.